The number of hydrogen-bond acceptors (Lipinski definition) is 5. The van der Waals surface area contributed by atoms with Crippen molar-refractivity contribution in [3.8, 4) is 11.1 Å². The predicted molar refractivity (Wildman–Crippen MR) is 201 cm³/mol. The van der Waals surface area contributed by atoms with Crippen molar-refractivity contribution in [3.63, 3.8) is 0 Å². The largest absolute Gasteiger partial charge is 0.373 e. The second kappa shape index (κ2) is 19.1. The summed E-state index contributed by atoms with van der Waals surface area (Å²) in [7, 11) is 5.72. The van der Waals surface area contributed by atoms with Gasteiger partial charge in [0.1, 0.15) is 6.04 Å². The summed E-state index contributed by atoms with van der Waals surface area (Å²) in [6, 6.07) is 31.8. The van der Waals surface area contributed by atoms with Gasteiger partial charge in [-0.3, -0.25) is 14.5 Å². The van der Waals surface area contributed by atoms with Gasteiger partial charge in [-0.05, 0) is 61.5 Å². The molecule has 0 aliphatic carbocycles. The van der Waals surface area contributed by atoms with E-state index < -0.39 is 6.04 Å². The van der Waals surface area contributed by atoms with Crippen molar-refractivity contribution in [1.29, 1.82) is 0 Å². The Kier molecular flexibility index (Phi) is 14.4. The Balaban J connectivity index is 1.47. The van der Waals surface area contributed by atoms with Crippen molar-refractivity contribution in [2.24, 2.45) is 0 Å². The van der Waals surface area contributed by atoms with Crippen LogP contribution in [-0.4, -0.2) is 69.4 Å². The number of benzene rings is 4. The SMILES string of the molecule is CCCCCCCNC(=O)N(C)c1cccc(-c2ccc(C[C@H](Nc3ccccc3C(=O)c3ccccc3)C(=O)NCCN(C)C)cc2)c1. The number of rotatable bonds is 18. The molecule has 0 aromatic heterocycles. The fourth-order valence-corrected chi connectivity index (χ4v) is 5.60. The molecule has 4 aromatic rings. The Morgan fingerprint density at radius 1 is 0.694 bits per heavy atom. The Labute approximate surface area is 291 Å². The normalized spacial score (nSPS) is 11.5. The minimum Gasteiger partial charge on any atom is -0.373 e. The highest BCUT2D eigenvalue weighted by Crippen LogP contribution is 2.26. The first-order valence-electron chi connectivity index (χ1n) is 17.4. The number of urea groups is 1. The fraction of sp³-hybridized carbons (Fsp3) is 0.341. The lowest BCUT2D eigenvalue weighted by Gasteiger charge is -2.22. The molecule has 4 aromatic carbocycles. The maximum Gasteiger partial charge on any atom is 0.321 e. The number of nitrogens with zero attached hydrogens (tertiary/aromatic N) is 2. The van der Waals surface area contributed by atoms with E-state index in [4.69, 9.17) is 0 Å². The van der Waals surface area contributed by atoms with Crippen molar-refractivity contribution in [2.75, 3.05) is 51.0 Å². The third-order valence-corrected chi connectivity index (χ3v) is 8.53. The quantitative estimate of drug-likeness (QED) is 0.0764. The number of carbonyl (C=O) groups is 3. The first-order valence-corrected chi connectivity index (χ1v) is 17.4. The van der Waals surface area contributed by atoms with Crippen LogP contribution in [0.3, 0.4) is 0 Å². The molecule has 0 bridgehead atoms. The topological polar surface area (TPSA) is 93.8 Å². The number of amides is 3. The van der Waals surface area contributed by atoms with Crippen LogP contribution >= 0.6 is 0 Å². The summed E-state index contributed by atoms with van der Waals surface area (Å²) in [4.78, 5) is 43.4. The predicted octanol–water partition coefficient (Wildman–Crippen LogP) is 7.40. The Morgan fingerprint density at radius 3 is 2.14 bits per heavy atom. The molecule has 0 unspecified atom stereocenters. The minimum atomic E-state index is -0.611. The average Bonchev–Trinajstić information content (AvgIpc) is 3.12. The summed E-state index contributed by atoms with van der Waals surface area (Å²) in [5.41, 5.74) is 5.51. The van der Waals surface area contributed by atoms with E-state index in [-0.39, 0.29) is 17.7 Å². The Bertz CT molecular complexity index is 1640. The van der Waals surface area contributed by atoms with Crippen LogP contribution < -0.4 is 20.9 Å². The lowest BCUT2D eigenvalue weighted by atomic mass is 9.98. The molecule has 0 aliphatic rings. The molecule has 0 fully saturated rings. The second-order valence-electron chi connectivity index (χ2n) is 12.7. The van der Waals surface area contributed by atoms with Crippen molar-refractivity contribution in [3.05, 3.63) is 120 Å². The van der Waals surface area contributed by atoms with E-state index in [0.717, 1.165) is 35.2 Å². The third kappa shape index (κ3) is 11.3. The molecule has 3 N–H and O–H groups in total. The van der Waals surface area contributed by atoms with Crippen LogP contribution in [0, 0.1) is 0 Å². The number of carbonyl (C=O) groups excluding carboxylic acids is 3. The molecule has 49 heavy (non-hydrogen) atoms. The van der Waals surface area contributed by atoms with Gasteiger partial charge in [-0.15, -0.1) is 0 Å². The van der Waals surface area contributed by atoms with E-state index >= 15 is 0 Å². The first kappa shape index (κ1) is 36.9. The van der Waals surface area contributed by atoms with E-state index in [1.54, 1.807) is 30.1 Å². The molecule has 0 spiro atoms. The molecule has 0 aliphatic heterocycles. The maximum atomic E-state index is 13.5. The van der Waals surface area contributed by atoms with Gasteiger partial charge in [0.15, 0.2) is 5.78 Å². The smallest absolute Gasteiger partial charge is 0.321 e. The zero-order valence-electron chi connectivity index (χ0n) is 29.4. The van der Waals surface area contributed by atoms with Crippen molar-refractivity contribution >= 4 is 29.1 Å². The number of para-hydroxylation sites is 1. The van der Waals surface area contributed by atoms with E-state index in [2.05, 4.69) is 22.9 Å². The lowest BCUT2D eigenvalue weighted by molar-refractivity contribution is -0.121. The highest BCUT2D eigenvalue weighted by molar-refractivity contribution is 6.12. The zero-order valence-corrected chi connectivity index (χ0v) is 29.4. The van der Waals surface area contributed by atoms with Crippen LogP contribution in [0.2, 0.25) is 0 Å². The van der Waals surface area contributed by atoms with Gasteiger partial charge in [-0.1, -0.05) is 111 Å². The maximum absolute atomic E-state index is 13.5. The van der Waals surface area contributed by atoms with E-state index in [0.29, 0.717) is 42.9 Å². The standard InChI is InChI=1S/C41H51N5O3/c1-5-6-7-8-14-26-43-41(49)46(4)35-19-15-18-34(30-35)32-24-22-31(23-25-32)29-38(40(48)42-27-28-45(2)3)44-37-21-13-12-20-36(37)39(47)33-16-10-9-11-17-33/h9-13,15-25,30,38,44H,5-8,14,26-29H2,1-4H3,(H,42,48)(H,43,49)/t38-/m0/s1. The van der Waals surface area contributed by atoms with Crippen LogP contribution in [0.4, 0.5) is 16.2 Å². The number of likely N-dealkylation sites (N-methyl/N-ethyl adjacent to an activating group) is 1. The molecule has 4 rings (SSSR count). The molecule has 1 atom stereocenters. The van der Waals surface area contributed by atoms with Crippen molar-refractivity contribution < 1.29 is 14.4 Å². The molecule has 0 saturated heterocycles. The van der Waals surface area contributed by atoms with Crippen LogP contribution in [0.25, 0.3) is 11.1 Å². The third-order valence-electron chi connectivity index (χ3n) is 8.53. The van der Waals surface area contributed by atoms with E-state index in [1.165, 1.54) is 19.3 Å². The van der Waals surface area contributed by atoms with Crippen LogP contribution in [0.15, 0.2) is 103 Å². The van der Waals surface area contributed by atoms with Crippen molar-refractivity contribution in [1.82, 2.24) is 15.5 Å². The number of hydrogen-bond donors (Lipinski definition) is 3. The summed E-state index contributed by atoms with van der Waals surface area (Å²) < 4.78 is 0. The van der Waals surface area contributed by atoms with Gasteiger partial charge >= 0.3 is 6.03 Å². The number of nitrogens with one attached hydrogen (secondary N) is 3. The van der Waals surface area contributed by atoms with Gasteiger partial charge in [0.05, 0.1) is 0 Å². The van der Waals surface area contributed by atoms with E-state index in [1.807, 2.05) is 104 Å². The highest BCUT2D eigenvalue weighted by atomic mass is 16.2. The Hall–Kier alpha value is -4.95. The van der Waals surface area contributed by atoms with Gasteiger partial charge < -0.3 is 20.9 Å². The molecule has 258 valence electrons. The van der Waals surface area contributed by atoms with Gasteiger partial charge in [-0.25, -0.2) is 4.79 Å². The molecular weight excluding hydrogens is 610 g/mol. The number of anilines is 2. The number of unbranched alkanes of at least 4 members (excludes halogenated alkanes) is 4. The first-order chi connectivity index (χ1) is 23.8. The van der Waals surface area contributed by atoms with Crippen molar-refractivity contribution in [2.45, 2.75) is 51.5 Å². The summed E-state index contributed by atoms with van der Waals surface area (Å²) in [5.74, 6) is -0.240. The summed E-state index contributed by atoms with van der Waals surface area (Å²) in [6.07, 6.45) is 6.17. The Morgan fingerprint density at radius 2 is 1.41 bits per heavy atom. The molecule has 8 nitrogen and oxygen atoms in total. The molecule has 3 amide bonds. The summed E-state index contributed by atoms with van der Waals surface area (Å²) in [6.45, 7) is 4.09. The minimum absolute atomic E-state index is 0.104. The summed E-state index contributed by atoms with van der Waals surface area (Å²) >= 11 is 0. The van der Waals surface area contributed by atoms with Gasteiger partial charge in [0.2, 0.25) is 5.91 Å². The number of ketones is 1. The van der Waals surface area contributed by atoms with Crippen LogP contribution in [-0.2, 0) is 11.2 Å². The second-order valence-corrected chi connectivity index (χ2v) is 12.7. The summed E-state index contributed by atoms with van der Waals surface area (Å²) in [5, 5.41) is 9.49. The molecule has 8 heteroatoms. The zero-order chi connectivity index (χ0) is 35.0. The van der Waals surface area contributed by atoms with Crippen LogP contribution in [0.5, 0.6) is 0 Å². The van der Waals surface area contributed by atoms with Gasteiger partial charge in [0, 0.05) is 55.6 Å². The molecule has 0 radical (unpaired) electrons. The molecule has 0 saturated carbocycles. The van der Waals surface area contributed by atoms with Gasteiger partial charge in [-0.2, -0.15) is 0 Å². The fourth-order valence-electron chi connectivity index (χ4n) is 5.60. The molecule has 0 heterocycles. The highest BCUT2D eigenvalue weighted by Gasteiger charge is 2.22. The monoisotopic (exact) mass is 661 g/mol. The van der Waals surface area contributed by atoms with Crippen LogP contribution in [0.1, 0.15) is 60.5 Å². The average molecular weight is 662 g/mol. The molecular formula is C41H51N5O3. The lowest BCUT2D eigenvalue weighted by Crippen LogP contribution is -2.43. The van der Waals surface area contributed by atoms with E-state index in [9.17, 15) is 14.4 Å². The van der Waals surface area contributed by atoms with Gasteiger partial charge in [0.25, 0.3) is 0 Å².